The van der Waals surface area contributed by atoms with Crippen LogP contribution in [-0.4, -0.2) is 26.8 Å². The van der Waals surface area contributed by atoms with Crippen molar-refractivity contribution >= 4 is 23.7 Å². The van der Waals surface area contributed by atoms with E-state index in [-0.39, 0.29) is 11.9 Å². The second-order valence-corrected chi connectivity index (χ2v) is 7.74. The number of aromatic hydroxyl groups is 2. The Bertz CT molecular complexity index is 1280. The number of aromatic nitrogens is 2. The highest BCUT2D eigenvalue weighted by Gasteiger charge is 2.33. The van der Waals surface area contributed by atoms with E-state index in [0.717, 1.165) is 19.3 Å². The molecule has 0 spiro atoms. The quantitative estimate of drug-likeness (QED) is 0.598. The third-order valence-electron chi connectivity index (χ3n) is 6.24. The Morgan fingerprint density at radius 3 is 2.79 bits per heavy atom. The van der Waals surface area contributed by atoms with Crippen LogP contribution < -0.4 is 20.7 Å². The molecule has 0 bridgehead atoms. The highest BCUT2D eigenvalue weighted by molar-refractivity contribution is 5.77. The number of benzene rings is 2. The van der Waals surface area contributed by atoms with E-state index in [2.05, 4.69) is 68.7 Å². The summed E-state index contributed by atoms with van der Waals surface area (Å²) in [7, 11) is 0. The lowest BCUT2D eigenvalue weighted by atomic mass is 9.85. The summed E-state index contributed by atoms with van der Waals surface area (Å²) in [5, 5.41) is 25.6. The number of fused-ring (bicyclic) bond motifs is 6. The predicted octanol–water partition coefficient (Wildman–Crippen LogP) is 2.40. The predicted molar refractivity (Wildman–Crippen MR) is 112 cm³/mol. The molecule has 1 atom stereocenters. The summed E-state index contributed by atoms with van der Waals surface area (Å²) < 4.78 is 0. The molecule has 0 fully saturated rings. The zero-order chi connectivity index (χ0) is 19.5. The average molecular weight is 384 g/mol. The van der Waals surface area contributed by atoms with Crippen LogP contribution in [0.1, 0.15) is 30.0 Å². The van der Waals surface area contributed by atoms with E-state index < -0.39 is 6.01 Å². The molecule has 1 unspecified atom stereocenters. The van der Waals surface area contributed by atoms with Crippen molar-refractivity contribution in [1.82, 2.24) is 9.97 Å². The van der Waals surface area contributed by atoms with Gasteiger partial charge in [0.1, 0.15) is 5.69 Å². The van der Waals surface area contributed by atoms with Gasteiger partial charge in [-0.25, -0.2) is 0 Å². The van der Waals surface area contributed by atoms with Crippen LogP contribution in [0, 0.1) is 0 Å². The van der Waals surface area contributed by atoms with Gasteiger partial charge in [0.25, 0.3) is 0 Å². The molecule has 2 aliphatic carbocycles. The fourth-order valence-corrected chi connectivity index (χ4v) is 4.95. The van der Waals surface area contributed by atoms with Crippen LogP contribution >= 0.6 is 0 Å². The normalized spacial score (nSPS) is 18.5. The molecular formula is C23H20N4O2. The van der Waals surface area contributed by atoms with Gasteiger partial charge in [0.2, 0.25) is 5.88 Å². The van der Waals surface area contributed by atoms with Crippen molar-refractivity contribution in [3.05, 3.63) is 58.0 Å². The molecule has 3 aromatic rings. The Morgan fingerprint density at radius 2 is 1.86 bits per heavy atom. The second kappa shape index (κ2) is 5.98. The average Bonchev–Trinajstić information content (AvgIpc) is 3.16. The maximum absolute atomic E-state index is 10.1. The van der Waals surface area contributed by atoms with E-state index in [1.54, 1.807) is 0 Å². The number of anilines is 2. The molecule has 1 aliphatic heterocycles. The molecule has 29 heavy (non-hydrogen) atoms. The van der Waals surface area contributed by atoms with E-state index in [1.165, 1.54) is 32.7 Å². The van der Waals surface area contributed by atoms with Crippen LogP contribution in [0.25, 0.3) is 23.3 Å². The number of hydrogen-bond acceptors (Lipinski definition) is 6. The van der Waals surface area contributed by atoms with E-state index in [1.807, 2.05) is 0 Å². The van der Waals surface area contributed by atoms with Crippen molar-refractivity contribution < 1.29 is 10.2 Å². The Labute approximate surface area is 167 Å². The first-order valence-corrected chi connectivity index (χ1v) is 9.93. The van der Waals surface area contributed by atoms with E-state index in [4.69, 9.17) is 0 Å². The van der Waals surface area contributed by atoms with Gasteiger partial charge >= 0.3 is 6.01 Å². The Balaban J connectivity index is 1.50. The molecule has 0 saturated carbocycles. The third kappa shape index (κ3) is 2.35. The minimum Gasteiger partial charge on any atom is -0.492 e. The maximum atomic E-state index is 10.1. The topological polar surface area (TPSA) is 81.5 Å². The first kappa shape index (κ1) is 16.4. The molecule has 3 N–H and O–H groups in total. The molecule has 0 saturated heterocycles. The van der Waals surface area contributed by atoms with Gasteiger partial charge in [-0.05, 0) is 52.0 Å². The molecule has 144 valence electrons. The van der Waals surface area contributed by atoms with Crippen molar-refractivity contribution in [1.29, 1.82) is 0 Å². The van der Waals surface area contributed by atoms with Gasteiger partial charge in [0, 0.05) is 0 Å². The zero-order valence-electron chi connectivity index (χ0n) is 15.8. The minimum absolute atomic E-state index is 0.119. The molecule has 6 nitrogen and oxygen atoms in total. The molecule has 6 rings (SSSR count). The summed E-state index contributed by atoms with van der Waals surface area (Å²) in [6, 6.07) is 12.8. The Kier molecular flexibility index (Phi) is 3.38. The van der Waals surface area contributed by atoms with Gasteiger partial charge < -0.3 is 20.4 Å². The second-order valence-electron chi connectivity index (χ2n) is 7.74. The number of nitrogens with zero attached hydrogens (tertiary/aromatic N) is 3. The van der Waals surface area contributed by atoms with Crippen molar-refractivity contribution in [3.63, 3.8) is 0 Å². The van der Waals surface area contributed by atoms with Gasteiger partial charge in [-0.1, -0.05) is 48.6 Å². The lowest BCUT2D eigenvalue weighted by molar-refractivity contribution is 0.399. The maximum Gasteiger partial charge on any atom is 0.319 e. The monoisotopic (exact) mass is 384 g/mol. The smallest absolute Gasteiger partial charge is 0.319 e. The van der Waals surface area contributed by atoms with Crippen molar-refractivity contribution in [2.75, 3.05) is 16.9 Å². The highest BCUT2D eigenvalue weighted by atomic mass is 16.3. The molecule has 3 aliphatic rings. The van der Waals surface area contributed by atoms with Gasteiger partial charge in [-0.2, -0.15) is 9.97 Å². The van der Waals surface area contributed by atoms with Crippen molar-refractivity contribution in [2.24, 2.45) is 0 Å². The number of rotatable bonds is 1. The third-order valence-corrected chi connectivity index (χ3v) is 6.24. The van der Waals surface area contributed by atoms with E-state index >= 15 is 0 Å². The summed E-state index contributed by atoms with van der Waals surface area (Å²) >= 11 is 0. The Morgan fingerprint density at radius 1 is 0.966 bits per heavy atom. The van der Waals surface area contributed by atoms with E-state index in [9.17, 15) is 10.2 Å². The van der Waals surface area contributed by atoms with Crippen molar-refractivity contribution in [2.45, 2.75) is 25.3 Å². The van der Waals surface area contributed by atoms with Crippen LogP contribution in [0.2, 0.25) is 0 Å². The largest absolute Gasteiger partial charge is 0.492 e. The standard InChI is InChI=1S/C23H20N4O2/c28-22-20-21(25-23(29)26-22)27(12-24-20)19-7-3-6-15-17-9-8-13-4-1-2-5-14(13)16(17)10-11-18(15)19/h1-2,4-6,9-11,19,24H,3,7-8,12H2,(H2,25,26,28,29). The molecule has 2 heterocycles. The first-order chi connectivity index (χ1) is 14.2. The van der Waals surface area contributed by atoms with Crippen LogP contribution in [0.4, 0.5) is 11.5 Å². The van der Waals surface area contributed by atoms with Crippen molar-refractivity contribution in [3.8, 4) is 23.0 Å². The lowest BCUT2D eigenvalue weighted by Gasteiger charge is -2.32. The van der Waals surface area contributed by atoms with Gasteiger partial charge in [0.05, 0.1) is 12.7 Å². The molecule has 0 amide bonds. The van der Waals surface area contributed by atoms with Gasteiger partial charge in [0.15, 0.2) is 5.82 Å². The van der Waals surface area contributed by atoms with E-state index in [0.29, 0.717) is 18.2 Å². The molecule has 2 aromatic carbocycles. The molecule has 6 heteroatoms. The van der Waals surface area contributed by atoms with Gasteiger partial charge in [-0.15, -0.1) is 0 Å². The summed E-state index contributed by atoms with van der Waals surface area (Å²) in [6.07, 6.45) is 7.55. The zero-order valence-corrected chi connectivity index (χ0v) is 15.8. The summed E-state index contributed by atoms with van der Waals surface area (Å²) in [4.78, 5) is 9.96. The summed E-state index contributed by atoms with van der Waals surface area (Å²) in [6.45, 7) is 0.523. The SMILES string of the molecule is Oc1nc(O)c2c(n1)N(C1CCC=c3c1ccc1c3=CCc3ccccc3-1)CN2. The number of hydrogen-bond donors (Lipinski definition) is 3. The minimum atomic E-state index is -0.409. The highest BCUT2D eigenvalue weighted by Crippen LogP contribution is 2.42. The van der Waals surface area contributed by atoms with Gasteiger partial charge in [-0.3, -0.25) is 0 Å². The number of nitrogens with one attached hydrogen (secondary N) is 1. The van der Waals surface area contributed by atoms with Crippen LogP contribution in [0.15, 0.2) is 36.4 Å². The van der Waals surface area contributed by atoms with Crippen LogP contribution in [-0.2, 0) is 6.42 Å². The summed E-state index contributed by atoms with van der Waals surface area (Å²) in [5.41, 5.74) is 5.72. The molecular weight excluding hydrogens is 364 g/mol. The fraction of sp³-hybridized carbons (Fsp3) is 0.217. The van der Waals surface area contributed by atoms with Crippen LogP contribution in [0.3, 0.4) is 0 Å². The Hall–Kier alpha value is -3.54. The fourth-order valence-electron chi connectivity index (χ4n) is 4.95. The lowest BCUT2D eigenvalue weighted by Crippen LogP contribution is -2.40. The molecule has 1 aromatic heterocycles. The van der Waals surface area contributed by atoms with Crippen LogP contribution in [0.5, 0.6) is 11.9 Å². The summed E-state index contributed by atoms with van der Waals surface area (Å²) in [5.74, 6) is 0.341. The first-order valence-electron chi connectivity index (χ1n) is 9.93. The molecule has 0 radical (unpaired) electrons.